The second-order valence-corrected chi connectivity index (χ2v) is 6.88. The van der Waals surface area contributed by atoms with E-state index in [0.29, 0.717) is 28.9 Å². The minimum absolute atomic E-state index is 0.0145. The maximum Gasteiger partial charge on any atom is 0.283 e. The standard InChI is InChI=1S/C15H23BrN4O/c1-3-5-20-15(21)14(16)13(8-18-20)19-9-10-6-17-7-11(10)12(19)4-2/h8,10-12,17H,3-7,9H2,1-2H3. The predicted molar refractivity (Wildman–Crippen MR) is 87.8 cm³/mol. The monoisotopic (exact) mass is 354 g/mol. The number of hydrogen-bond acceptors (Lipinski definition) is 4. The molecule has 0 bridgehead atoms. The molecule has 2 fully saturated rings. The summed E-state index contributed by atoms with van der Waals surface area (Å²) in [5.74, 6) is 1.39. The topological polar surface area (TPSA) is 50.2 Å². The average Bonchev–Trinajstić information content (AvgIpc) is 3.04. The van der Waals surface area contributed by atoms with Crippen LogP contribution in [0.4, 0.5) is 5.69 Å². The Bertz CT molecular complexity index is 573. The first-order chi connectivity index (χ1) is 10.2. The van der Waals surface area contributed by atoms with Crippen molar-refractivity contribution in [3.8, 4) is 0 Å². The van der Waals surface area contributed by atoms with Gasteiger partial charge in [-0.25, -0.2) is 4.68 Å². The van der Waals surface area contributed by atoms with Crippen molar-refractivity contribution in [1.82, 2.24) is 15.1 Å². The minimum atomic E-state index is -0.0145. The first kappa shape index (κ1) is 15.0. The van der Waals surface area contributed by atoms with Gasteiger partial charge in [0.2, 0.25) is 0 Å². The van der Waals surface area contributed by atoms with Crippen molar-refractivity contribution < 1.29 is 0 Å². The Balaban J connectivity index is 1.93. The van der Waals surface area contributed by atoms with E-state index in [-0.39, 0.29) is 5.56 Å². The lowest BCUT2D eigenvalue weighted by atomic mass is 9.93. The third-order valence-corrected chi connectivity index (χ3v) is 5.59. The van der Waals surface area contributed by atoms with Crippen LogP contribution in [0.2, 0.25) is 0 Å². The summed E-state index contributed by atoms with van der Waals surface area (Å²) in [5, 5.41) is 7.85. The van der Waals surface area contributed by atoms with Crippen molar-refractivity contribution in [3.63, 3.8) is 0 Å². The molecule has 0 aliphatic carbocycles. The highest BCUT2D eigenvalue weighted by atomic mass is 79.9. The number of halogens is 1. The first-order valence-electron chi connectivity index (χ1n) is 7.90. The Kier molecular flexibility index (Phi) is 4.36. The first-order valence-corrected chi connectivity index (χ1v) is 8.69. The zero-order valence-electron chi connectivity index (χ0n) is 12.7. The summed E-state index contributed by atoms with van der Waals surface area (Å²) in [6.45, 7) is 8.17. The van der Waals surface area contributed by atoms with Gasteiger partial charge in [0.1, 0.15) is 4.47 Å². The van der Waals surface area contributed by atoms with Crippen LogP contribution in [0.3, 0.4) is 0 Å². The number of aryl methyl sites for hydroxylation is 1. The zero-order chi connectivity index (χ0) is 15.0. The molecule has 116 valence electrons. The lowest BCUT2D eigenvalue weighted by molar-refractivity contribution is 0.441. The minimum Gasteiger partial charge on any atom is -0.366 e. The quantitative estimate of drug-likeness (QED) is 0.896. The van der Waals surface area contributed by atoms with Crippen LogP contribution < -0.4 is 15.8 Å². The molecular formula is C15H23BrN4O. The maximum atomic E-state index is 12.4. The lowest BCUT2D eigenvalue weighted by Crippen LogP contribution is -2.37. The maximum absolute atomic E-state index is 12.4. The normalized spacial score (nSPS) is 28.1. The molecule has 2 saturated heterocycles. The second kappa shape index (κ2) is 6.08. The van der Waals surface area contributed by atoms with Crippen LogP contribution in [-0.4, -0.2) is 35.5 Å². The number of aromatic nitrogens is 2. The Morgan fingerprint density at radius 3 is 2.95 bits per heavy atom. The highest BCUT2D eigenvalue weighted by Crippen LogP contribution is 2.38. The van der Waals surface area contributed by atoms with Crippen LogP contribution in [0.25, 0.3) is 0 Å². The molecule has 3 rings (SSSR count). The fourth-order valence-electron chi connectivity index (χ4n) is 3.85. The molecule has 0 aromatic carbocycles. The number of nitrogens with one attached hydrogen (secondary N) is 1. The molecule has 6 heteroatoms. The number of hydrogen-bond donors (Lipinski definition) is 1. The Hall–Kier alpha value is -0.880. The van der Waals surface area contributed by atoms with Gasteiger partial charge in [0, 0.05) is 32.2 Å². The van der Waals surface area contributed by atoms with E-state index >= 15 is 0 Å². The third kappa shape index (κ3) is 2.52. The van der Waals surface area contributed by atoms with Gasteiger partial charge in [-0.3, -0.25) is 4.79 Å². The smallest absolute Gasteiger partial charge is 0.283 e. The van der Waals surface area contributed by atoms with E-state index in [9.17, 15) is 4.79 Å². The predicted octanol–water partition coefficient (Wildman–Crippen LogP) is 1.85. The summed E-state index contributed by atoms with van der Waals surface area (Å²) in [6, 6.07) is 0.504. The molecule has 0 spiro atoms. The zero-order valence-corrected chi connectivity index (χ0v) is 14.3. The van der Waals surface area contributed by atoms with E-state index in [2.05, 4.69) is 45.1 Å². The van der Waals surface area contributed by atoms with Crippen LogP contribution in [0.1, 0.15) is 26.7 Å². The highest BCUT2D eigenvalue weighted by Gasteiger charge is 2.43. The summed E-state index contributed by atoms with van der Waals surface area (Å²) < 4.78 is 2.21. The van der Waals surface area contributed by atoms with Gasteiger partial charge < -0.3 is 10.2 Å². The van der Waals surface area contributed by atoms with E-state index in [0.717, 1.165) is 38.2 Å². The van der Waals surface area contributed by atoms with Gasteiger partial charge in [-0.05, 0) is 40.6 Å². The number of nitrogens with zero attached hydrogens (tertiary/aromatic N) is 3. The van der Waals surface area contributed by atoms with E-state index in [4.69, 9.17) is 0 Å². The van der Waals surface area contributed by atoms with Gasteiger partial charge in [0.05, 0.1) is 11.9 Å². The molecule has 0 radical (unpaired) electrons. The second-order valence-electron chi connectivity index (χ2n) is 6.08. The van der Waals surface area contributed by atoms with Crippen molar-refractivity contribution >= 4 is 21.6 Å². The Labute approximate surface area is 133 Å². The van der Waals surface area contributed by atoms with Crippen molar-refractivity contribution in [1.29, 1.82) is 0 Å². The SMILES string of the molecule is CCCn1ncc(N2CC3CNCC3C2CC)c(Br)c1=O. The van der Waals surface area contributed by atoms with Gasteiger partial charge >= 0.3 is 0 Å². The molecule has 3 unspecified atom stereocenters. The largest absolute Gasteiger partial charge is 0.366 e. The van der Waals surface area contributed by atoms with Crippen LogP contribution >= 0.6 is 15.9 Å². The molecule has 1 aromatic heterocycles. The molecule has 5 nitrogen and oxygen atoms in total. The molecule has 2 aliphatic heterocycles. The van der Waals surface area contributed by atoms with Crippen LogP contribution in [0.15, 0.2) is 15.5 Å². The molecule has 1 aromatic rings. The van der Waals surface area contributed by atoms with Gasteiger partial charge in [-0.1, -0.05) is 13.8 Å². The van der Waals surface area contributed by atoms with E-state index in [1.807, 2.05) is 6.20 Å². The summed E-state index contributed by atoms with van der Waals surface area (Å²) in [5.41, 5.74) is 0.952. The average molecular weight is 355 g/mol. The third-order valence-electron chi connectivity index (χ3n) is 4.85. The summed E-state index contributed by atoms with van der Waals surface area (Å²) in [7, 11) is 0. The van der Waals surface area contributed by atoms with E-state index < -0.39 is 0 Å². The number of fused-ring (bicyclic) bond motifs is 1. The summed E-state index contributed by atoms with van der Waals surface area (Å²) in [4.78, 5) is 14.8. The fraction of sp³-hybridized carbons (Fsp3) is 0.733. The van der Waals surface area contributed by atoms with Gasteiger partial charge in [-0.15, -0.1) is 0 Å². The number of anilines is 1. The van der Waals surface area contributed by atoms with Crippen molar-refractivity contribution in [2.75, 3.05) is 24.5 Å². The van der Waals surface area contributed by atoms with Crippen molar-refractivity contribution in [3.05, 3.63) is 21.0 Å². The molecular weight excluding hydrogens is 332 g/mol. The van der Waals surface area contributed by atoms with Gasteiger partial charge in [-0.2, -0.15) is 5.10 Å². The van der Waals surface area contributed by atoms with E-state index in [1.54, 1.807) is 4.68 Å². The molecule has 0 amide bonds. The fourth-order valence-corrected chi connectivity index (χ4v) is 4.39. The molecule has 1 N–H and O–H groups in total. The van der Waals surface area contributed by atoms with Gasteiger partial charge in [0.25, 0.3) is 5.56 Å². The van der Waals surface area contributed by atoms with Crippen molar-refractivity contribution in [2.24, 2.45) is 11.8 Å². The molecule has 0 saturated carbocycles. The van der Waals surface area contributed by atoms with Crippen LogP contribution in [0, 0.1) is 11.8 Å². The van der Waals surface area contributed by atoms with Crippen LogP contribution in [-0.2, 0) is 6.54 Å². The highest BCUT2D eigenvalue weighted by molar-refractivity contribution is 9.10. The Morgan fingerprint density at radius 1 is 1.43 bits per heavy atom. The Morgan fingerprint density at radius 2 is 2.24 bits per heavy atom. The van der Waals surface area contributed by atoms with Crippen LogP contribution in [0.5, 0.6) is 0 Å². The molecule has 2 aliphatic rings. The lowest BCUT2D eigenvalue weighted by Gasteiger charge is -2.29. The molecule has 3 atom stereocenters. The van der Waals surface area contributed by atoms with E-state index in [1.165, 1.54) is 0 Å². The summed E-state index contributed by atoms with van der Waals surface area (Å²) >= 11 is 3.52. The molecule has 3 heterocycles. The van der Waals surface area contributed by atoms with Gasteiger partial charge in [0.15, 0.2) is 0 Å². The molecule has 21 heavy (non-hydrogen) atoms. The van der Waals surface area contributed by atoms with Crippen molar-refractivity contribution in [2.45, 2.75) is 39.3 Å². The summed E-state index contributed by atoms with van der Waals surface area (Å²) in [6.07, 6.45) is 3.88. The number of rotatable bonds is 4.